The van der Waals surface area contributed by atoms with Gasteiger partial charge in [0, 0.05) is 0 Å². The minimum atomic E-state index is -4.92. The van der Waals surface area contributed by atoms with Crippen LogP contribution >= 0.6 is 0 Å². The predicted octanol–water partition coefficient (Wildman–Crippen LogP) is 8.26. The van der Waals surface area contributed by atoms with E-state index in [-0.39, 0.29) is 116 Å². The fourth-order valence-corrected chi connectivity index (χ4v) is 5.02. The van der Waals surface area contributed by atoms with Gasteiger partial charge in [-0.15, -0.1) is 0 Å². The summed E-state index contributed by atoms with van der Waals surface area (Å²) in [5, 5.41) is 64.7. The SMILES string of the molecule is CC(=O)/C=C(\[O-])C(F)(F)F.CC(=O)/C=C(\[O-])C(F)(F)F.CC(=O)/C=C(\[O-])C(F)(F)F.CC(=O)/C=C(\[O-])C(F)(F)F.Cc1ccc(N=Cc2ccc3cccc([O-])c3n2)cc1.Cc1ccc(N=Cc2ccc3cccc([O-])c3n2)cc1.[Gd+3].[Gd+3]. The number of aliphatic imine (C=N–C) groups is 2. The summed E-state index contributed by atoms with van der Waals surface area (Å²) in [7, 11) is 0. The Bertz CT molecular complexity index is 2970. The van der Waals surface area contributed by atoms with Gasteiger partial charge in [-0.1, -0.05) is 95.4 Å². The van der Waals surface area contributed by atoms with Crippen molar-refractivity contribution in [1.82, 2.24) is 9.97 Å². The first-order chi connectivity index (χ1) is 36.8. The van der Waals surface area contributed by atoms with Crippen LogP contribution in [0.15, 0.2) is 167 Å². The number of hydrogen-bond donors (Lipinski definition) is 0. The van der Waals surface area contributed by atoms with Gasteiger partial charge in [0.2, 0.25) is 0 Å². The van der Waals surface area contributed by atoms with Crippen LogP contribution in [-0.4, -0.2) is 70.2 Å². The van der Waals surface area contributed by atoms with Crippen LogP contribution in [0.2, 0.25) is 0 Å². The number of ketones is 4. The zero-order chi connectivity index (χ0) is 61.3. The summed E-state index contributed by atoms with van der Waals surface area (Å²) < 4.78 is 135. The van der Waals surface area contributed by atoms with E-state index in [9.17, 15) is 103 Å². The van der Waals surface area contributed by atoms with Gasteiger partial charge in [0.05, 0.1) is 46.2 Å². The molecule has 82 heavy (non-hydrogen) atoms. The number of carbonyl (C=O) groups is 4. The summed E-state index contributed by atoms with van der Waals surface area (Å²) in [4.78, 5) is 57.1. The van der Waals surface area contributed by atoms with Crippen LogP contribution in [0.4, 0.5) is 64.1 Å². The third-order valence-electron chi connectivity index (χ3n) is 8.62. The summed E-state index contributed by atoms with van der Waals surface area (Å²) in [5.74, 6) is -12.2. The van der Waals surface area contributed by atoms with Crippen LogP contribution in [0, 0.1) is 93.7 Å². The van der Waals surface area contributed by atoms with E-state index >= 15 is 0 Å². The van der Waals surface area contributed by atoms with Crippen LogP contribution in [-0.2, 0) is 19.2 Å². The van der Waals surface area contributed by atoms with Gasteiger partial charge in [0.25, 0.3) is 0 Å². The molecule has 0 bridgehead atoms. The number of benzene rings is 4. The molecule has 0 amide bonds. The summed E-state index contributed by atoms with van der Waals surface area (Å²) in [6.07, 6.45) is -16.3. The molecule has 0 aliphatic rings. The van der Waals surface area contributed by atoms with E-state index < -0.39 is 70.9 Å². The number of halogens is 12. The summed E-state index contributed by atoms with van der Waals surface area (Å²) in [5.41, 5.74) is 6.47. The second-order valence-electron chi connectivity index (χ2n) is 15.8. The van der Waals surface area contributed by atoms with Gasteiger partial charge in [-0.05, 0) is 136 Å². The van der Waals surface area contributed by atoms with Gasteiger partial charge < -0.3 is 30.6 Å². The van der Waals surface area contributed by atoms with Gasteiger partial charge in [-0.25, -0.2) is 9.97 Å². The normalized spacial score (nSPS) is 12.0. The number of aryl methyl sites for hydroxylation is 2. The van der Waals surface area contributed by atoms with E-state index in [4.69, 9.17) is 0 Å². The molecule has 438 valence electrons. The summed E-state index contributed by atoms with van der Waals surface area (Å²) >= 11 is 0. The molecule has 2 radical (unpaired) electrons. The van der Waals surface area contributed by atoms with Gasteiger partial charge in [0.15, 0.2) is 23.1 Å². The van der Waals surface area contributed by atoms with E-state index in [1.54, 1.807) is 24.6 Å². The smallest absolute Gasteiger partial charge is 0.871 e. The molecule has 0 fully saturated rings. The second kappa shape index (κ2) is 36.0. The van der Waals surface area contributed by atoms with Crippen molar-refractivity contribution in [3.05, 3.63) is 179 Å². The molecule has 6 rings (SSSR count). The molecule has 2 heterocycles. The van der Waals surface area contributed by atoms with E-state index in [1.807, 2.05) is 98.8 Å². The molecule has 0 unspecified atom stereocenters. The van der Waals surface area contributed by atoms with E-state index in [1.165, 1.54) is 23.3 Å². The number of fused-ring (bicyclic) bond motifs is 2. The molecular formula is C54H42F12Gd2N4O10. The summed E-state index contributed by atoms with van der Waals surface area (Å²) in [6, 6.07) is 33.6. The summed E-state index contributed by atoms with van der Waals surface area (Å²) in [6.45, 7) is 7.59. The Hall–Kier alpha value is -6.71. The molecule has 0 saturated carbocycles. The van der Waals surface area contributed by atoms with Gasteiger partial charge in [0.1, 0.15) is 0 Å². The fraction of sp³-hybridized carbons (Fsp3) is 0.185. The number of allylic oxidation sites excluding steroid dienone is 8. The molecule has 0 aliphatic carbocycles. The van der Waals surface area contributed by atoms with Crippen LogP contribution in [0.1, 0.15) is 50.2 Å². The van der Waals surface area contributed by atoms with E-state index in [2.05, 4.69) is 20.0 Å². The van der Waals surface area contributed by atoms with Crippen LogP contribution < -0.4 is 30.6 Å². The molecule has 2 aromatic heterocycles. The van der Waals surface area contributed by atoms with Gasteiger partial charge in [-0.2, -0.15) is 52.7 Å². The van der Waals surface area contributed by atoms with Crippen molar-refractivity contribution in [2.24, 2.45) is 9.98 Å². The molecule has 6 aromatic rings. The van der Waals surface area contributed by atoms with Gasteiger partial charge in [-0.3, -0.25) is 29.2 Å². The number of carbonyl (C=O) groups excluding carboxylic acids is 4. The standard InChI is InChI=1S/2C17H14N2O.4C5H5F3O2.2Gd/c2*1-12-5-8-14(9-6-12)18-11-15-10-7-13-3-2-4-16(20)17(13)19-15;4*1-3(9)2-4(10)5(6,7)8;;/h2*2-11,20H,1H3;4*2,10H,1H3;;/q;;;;;;2*+3/p-6/b;;4*4-2-;;. The maximum atomic E-state index is 11.7. The molecular weight excluding hydrogens is 1410 g/mol. The molecule has 28 heteroatoms. The van der Waals surface area contributed by atoms with Crippen molar-refractivity contribution in [2.45, 2.75) is 66.2 Å². The Labute approximate surface area is 523 Å². The molecule has 0 saturated heterocycles. The number of alkyl halides is 12. The average Bonchev–Trinajstić information content (AvgIpc) is 3.33. The Balaban J connectivity index is 0. The number of nitrogens with zero attached hydrogens (tertiary/aromatic N) is 4. The average molecular weight is 1450 g/mol. The number of rotatable bonds is 8. The number of hydrogen-bond acceptors (Lipinski definition) is 14. The Morgan fingerprint density at radius 2 is 0.646 bits per heavy atom. The van der Waals surface area contributed by atoms with Crippen molar-refractivity contribution in [1.29, 1.82) is 0 Å². The number of pyridine rings is 2. The Morgan fingerprint density at radius 1 is 0.402 bits per heavy atom. The largest absolute Gasteiger partial charge is 3.00 e. The van der Waals surface area contributed by atoms with Crippen LogP contribution in [0.3, 0.4) is 0 Å². The first kappa shape index (κ1) is 77.4. The Kier molecular flexibility index (Phi) is 34.0. The van der Waals surface area contributed by atoms with Crippen molar-refractivity contribution >= 4 is 68.7 Å². The maximum absolute atomic E-state index is 11.7. The second-order valence-corrected chi connectivity index (χ2v) is 15.8. The molecule has 4 aromatic carbocycles. The van der Waals surface area contributed by atoms with Crippen molar-refractivity contribution < 1.29 is 182 Å². The van der Waals surface area contributed by atoms with Crippen LogP contribution in [0.5, 0.6) is 11.5 Å². The minimum Gasteiger partial charge on any atom is -0.871 e. The molecule has 14 nitrogen and oxygen atoms in total. The number of aromatic nitrogens is 2. The van der Waals surface area contributed by atoms with Crippen molar-refractivity contribution in [3.63, 3.8) is 0 Å². The quantitative estimate of drug-likeness (QED) is 0.0604. The first-order valence-corrected chi connectivity index (χ1v) is 22.0. The van der Waals surface area contributed by atoms with Gasteiger partial charge >= 0.3 is 105 Å². The van der Waals surface area contributed by atoms with Crippen molar-refractivity contribution in [2.75, 3.05) is 0 Å². The first-order valence-electron chi connectivity index (χ1n) is 22.0. The molecule has 0 N–H and O–H groups in total. The third-order valence-corrected chi connectivity index (χ3v) is 8.62. The van der Waals surface area contributed by atoms with E-state index in [0.29, 0.717) is 22.4 Å². The van der Waals surface area contributed by atoms with Crippen molar-refractivity contribution in [3.8, 4) is 11.5 Å². The third kappa shape index (κ3) is 32.1. The molecule has 0 atom stereocenters. The molecule has 0 aliphatic heterocycles. The maximum Gasteiger partial charge on any atom is 3.00 e. The zero-order valence-corrected chi connectivity index (χ0v) is 47.5. The Morgan fingerprint density at radius 3 is 0.854 bits per heavy atom. The number of para-hydroxylation sites is 2. The van der Waals surface area contributed by atoms with Crippen LogP contribution in [0.25, 0.3) is 21.8 Å². The minimum absolute atomic E-state index is 0. The monoisotopic (exact) mass is 1450 g/mol. The van der Waals surface area contributed by atoms with E-state index in [0.717, 1.165) is 49.8 Å². The predicted molar refractivity (Wildman–Crippen MR) is 259 cm³/mol. The zero-order valence-electron chi connectivity index (χ0n) is 43.0. The topological polar surface area (TPSA) is 257 Å². The fourth-order valence-electron chi connectivity index (χ4n) is 5.02. The molecule has 0 spiro atoms.